The van der Waals surface area contributed by atoms with E-state index in [1.165, 1.54) is 6.92 Å². The Balaban J connectivity index is 3.98. The summed E-state index contributed by atoms with van der Waals surface area (Å²) in [6, 6.07) is 0. The molecule has 0 fully saturated rings. The second kappa shape index (κ2) is 16.8. The van der Waals surface area contributed by atoms with E-state index in [1.54, 1.807) is 0 Å². The molecule has 1 unspecified atom stereocenters. The van der Waals surface area contributed by atoms with Crippen LogP contribution in [0, 0.1) is 10.8 Å². The Labute approximate surface area is 201 Å². The molecule has 34 heavy (non-hydrogen) atoms. The Morgan fingerprint density at radius 1 is 0.882 bits per heavy atom. The van der Waals surface area contributed by atoms with Gasteiger partial charge in [-0.15, -0.1) is 0 Å². The van der Waals surface area contributed by atoms with Gasteiger partial charge in [-0.05, 0) is 38.0 Å². The number of aliphatic imine (C=N–C) groups is 1. The molecule has 12 heteroatoms. The van der Waals surface area contributed by atoms with Crippen molar-refractivity contribution in [3.63, 3.8) is 0 Å². The summed E-state index contributed by atoms with van der Waals surface area (Å²) in [6.07, 6.45) is 1.74. The van der Waals surface area contributed by atoms with E-state index in [0.717, 1.165) is 12.8 Å². The summed E-state index contributed by atoms with van der Waals surface area (Å²) in [5, 5.41) is 12.2. The topological polar surface area (TPSA) is 185 Å². The monoisotopic (exact) mass is 490 g/mol. The largest absolute Gasteiger partial charge is 0.508 e. The number of nitrogens with zero attached hydrogens (tertiary/aromatic N) is 1. The van der Waals surface area contributed by atoms with Crippen molar-refractivity contribution in [2.75, 3.05) is 46.1 Å². The number of nitrogens with one attached hydrogen (secondary N) is 1. The highest BCUT2D eigenvalue weighted by atomic mass is 16.7. The first-order valence-corrected chi connectivity index (χ1v) is 11.4. The van der Waals surface area contributed by atoms with Crippen LogP contribution in [-0.2, 0) is 23.7 Å². The lowest BCUT2D eigenvalue weighted by molar-refractivity contribution is -0.160. The molecule has 0 aliphatic heterocycles. The van der Waals surface area contributed by atoms with Crippen molar-refractivity contribution in [3.05, 3.63) is 0 Å². The number of unbranched alkanes of at least 4 members (excludes halogenated alkanes) is 1. The van der Waals surface area contributed by atoms with Gasteiger partial charge in [-0.2, -0.15) is 0 Å². The summed E-state index contributed by atoms with van der Waals surface area (Å²) in [4.78, 5) is 39.3. The van der Waals surface area contributed by atoms with Gasteiger partial charge in [-0.3, -0.25) is 9.79 Å². The van der Waals surface area contributed by atoms with Crippen LogP contribution in [0.2, 0.25) is 0 Å². The van der Waals surface area contributed by atoms with Gasteiger partial charge in [0, 0.05) is 19.5 Å². The Morgan fingerprint density at radius 2 is 1.53 bits per heavy atom. The van der Waals surface area contributed by atoms with Gasteiger partial charge in [0.05, 0.1) is 26.4 Å². The molecule has 0 aromatic heterocycles. The van der Waals surface area contributed by atoms with Crippen LogP contribution in [0.25, 0.3) is 0 Å². The SMILES string of the molecule is CC(C)(C)CCCNC(=O)OCCCOC(=O)OCC(C)(CO)C(=O)OCCCCN=C(N)N. The number of ether oxygens (including phenoxy) is 4. The minimum Gasteiger partial charge on any atom is -0.465 e. The fourth-order valence-corrected chi connectivity index (χ4v) is 2.43. The Kier molecular flexibility index (Phi) is 15.4. The number of guanidine groups is 1. The van der Waals surface area contributed by atoms with Gasteiger partial charge in [0.2, 0.25) is 0 Å². The molecule has 0 saturated heterocycles. The van der Waals surface area contributed by atoms with Crippen molar-refractivity contribution in [1.29, 1.82) is 0 Å². The molecule has 6 N–H and O–H groups in total. The molecule has 0 aliphatic rings. The molecule has 0 heterocycles. The zero-order valence-electron chi connectivity index (χ0n) is 20.9. The van der Waals surface area contributed by atoms with Crippen LogP contribution in [0.3, 0.4) is 0 Å². The molecule has 0 saturated carbocycles. The van der Waals surface area contributed by atoms with Crippen LogP contribution < -0.4 is 16.8 Å². The van der Waals surface area contributed by atoms with Crippen LogP contribution in [0.1, 0.15) is 59.8 Å². The lowest BCUT2D eigenvalue weighted by Crippen LogP contribution is -2.39. The summed E-state index contributed by atoms with van der Waals surface area (Å²) in [5.74, 6) is -0.708. The number of hydrogen-bond donors (Lipinski definition) is 4. The summed E-state index contributed by atoms with van der Waals surface area (Å²) >= 11 is 0. The van der Waals surface area contributed by atoms with Crippen molar-refractivity contribution in [2.45, 2.75) is 59.8 Å². The van der Waals surface area contributed by atoms with Crippen molar-refractivity contribution >= 4 is 24.2 Å². The quantitative estimate of drug-likeness (QED) is 0.0815. The number of carbonyl (C=O) groups is 3. The first kappa shape index (κ1) is 31.2. The van der Waals surface area contributed by atoms with Crippen molar-refractivity contribution in [1.82, 2.24) is 5.32 Å². The number of esters is 1. The smallest absolute Gasteiger partial charge is 0.465 e. The molecule has 198 valence electrons. The first-order chi connectivity index (χ1) is 15.9. The Bertz CT molecular complexity index is 647. The number of aliphatic hydroxyl groups is 1. The summed E-state index contributed by atoms with van der Waals surface area (Å²) in [6.45, 7) is 7.91. The highest BCUT2D eigenvalue weighted by molar-refractivity contribution is 5.77. The van der Waals surface area contributed by atoms with Crippen molar-refractivity contribution < 1.29 is 38.4 Å². The molecule has 0 bridgehead atoms. The lowest BCUT2D eigenvalue weighted by atomic mass is 9.91. The van der Waals surface area contributed by atoms with E-state index < -0.39 is 36.8 Å². The van der Waals surface area contributed by atoms with Gasteiger partial charge < -0.3 is 40.8 Å². The number of carbonyl (C=O) groups excluding carboxylic acids is 3. The van der Waals surface area contributed by atoms with E-state index in [0.29, 0.717) is 25.9 Å². The average molecular weight is 491 g/mol. The maximum atomic E-state index is 12.2. The number of amides is 1. The number of alkyl carbamates (subject to hydrolysis) is 1. The van der Waals surface area contributed by atoms with E-state index in [9.17, 15) is 19.5 Å². The van der Waals surface area contributed by atoms with E-state index in [-0.39, 0.29) is 37.6 Å². The average Bonchev–Trinajstić information content (AvgIpc) is 2.76. The minimum atomic E-state index is -1.42. The van der Waals surface area contributed by atoms with Gasteiger partial charge in [-0.1, -0.05) is 20.8 Å². The summed E-state index contributed by atoms with van der Waals surface area (Å²) in [7, 11) is 0. The van der Waals surface area contributed by atoms with Gasteiger partial charge >= 0.3 is 18.2 Å². The first-order valence-electron chi connectivity index (χ1n) is 11.4. The number of aliphatic hydroxyl groups excluding tert-OH is 1. The molecule has 12 nitrogen and oxygen atoms in total. The fourth-order valence-electron chi connectivity index (χ4n) is 2.43. The Hall–Kier alpha value is -2.76. The molecule has 0 aromatic carbocycles. The van der Waals surface area contributed by atoms with E-state index in [1.807, 2.05) is 0 Å². The number of rotatable bonds is 16. The second-order valence-electron chi connectivity index (χ2n) is 9.34. The maximum absolute atomic E-state index is 12.2. The van der Waals surface area contributed by atoms with Crippen LogP contribution in [0.4, 0.5) is 9.59 Å². The molecular weight excluding hydrogens is 448 g/mol. The van der Waals surface area contributed by atoms with Crippen molar-refractivity contribution in [3.8, 4) is 0 Å². The second-order valence-corrected chi connectivity index (χ2v) is 9.34. The molecule has 0 aliphatic carbocycles. The van der Waals surface area contributed by atoms with Crippen LogP contribution in [-0.4, -0.2) is 75.4 Å². The summed E-state index contributed by atoms with van der Waals surface area (Å²) < 4.78 is 19.9. The van der Waals surface area contributed by atoms with Gasteiger partial charge in [0.25, 0.3) is 0 Å². The number of hydrogen-bond acceptors (Lipinski definition) is 9. The van der Waals surface area contributed by atoms with Gasteiger partial charge in [0.1, 0.15) is 12.0 Å². The highest BCUT2D eigenvalue weighted by Gasteiger charge is 2.36. The molecule has 0 aromatic rings. The number of nitrogens with two attached hydrogens (primary N) is 2. The third-order valence-corrected chi connectivity index (χ3v) is 4.54. The zero-order chi connectivity index (χ0) is 26.0. The molecule has 0 radical (unpaired) electrons. The van der Waals surface area contributed by atoms with E-state index in [2.05, 4.69) is 31.1 Å². The molecular formula is C22H42N4O8. The highest BCUT2D eigenvalue weighted by Crippen LogP contribution is 2.20. The fraction of sp³-hybridized carbons (Fsp3) is 0.818. The van der Waals surface area contributed by atoms with Crippen LogP contribution in [0.5, 0.6) is 0 Å². The van der Waals surface area contributed by atoms with E-state index in [4.69, 9.17) is 30.4 Å². The van der Waals surface area contributed by atoms with Gasteiger partial charge in [0.15, 0.2) is 5.96 Å². The minimum absolute atomic E-state index is 0.00558. The predicted octanol–water partition coefficient (Wildman–Crippen LogP) is 1.68. The van der Waals surface area contributed by atoms with E-state index >= 15 is 0 Å². The molecule has 0 spiro atoms. The normalized spacial score (nSPS) is 12.7. The summed E-state index contributed by atoms with van der Waals surface area (Å²) in [5.41, 5.74) is 9.22. The van der Waals surface area contributed by atoms with Gasteiger partial charge in [-0.25, -0.2) is 9.59 Å². The van der Waals surface area contributed by atoms with Crippen LogP contribution in [0.15, 0.2) is 4.99 Å². The maximum Gasteiger partial charge on any atom is 0.508 e. The van der Waals surface area contributed by atoms with Crippen molar-refractivity contribution in [2.24, 2.45) is 27.3 Å². The molecule has 1 atom stereocenters. The Morgan fingerprint density at radius 3 is 2.15 bits per heavy atom. The zero-order valence-corrected chi connectivity index (χ0v) is 20.9. The lowest BCUT2D eigenvalue weighted by Gasteiger charge is -2.24. The van der Waals surface area contributed by atoms with Crippen LogP contribution >= 0.6 is 0 Å². The standard InChI is InChI=1S/C22H42N4O8/c1-21(2,3)9-7-11-26-19(29)32-13-8-14-33-20(30)34-16-22(4,15-27)17(28)31-12-6-5-10-25-18(23)24/h27H,5-16H2,1-4H3,(H,26,29)(H4,23,24,25). The molecule has 1 amide bonds. The third kappa shape index (κ3) is 16.8. The predicted molar refractivity (Wildman–Crippen MR) is 126 cm³/mol. The third-order valence-electron chi connectivity index (χ3n) is 4.54. The molecule has 0 rings (SSSR count).